The molecule has 0 fully saturated rings. The summed E-state index contributed by atoms with van der Waals surface area (Å²) >= 11 is 0. The molecular weight excluding hydrogens is 206 g/mol. The second-order valence-corrected chi connectivity index (χ2v) is 3.67. The number of carbonyl (C=O) groups is 1. The fourth-order valence-corrected chi connectivity index (χ4v) is 1.34. The van der Waals surface area contributed by atoms with Gasteiger partial charge in [0, 0.05) is 6.04 Å². The SMILES string of the molecule is CCc1cccc(OCC(N)CC(=O)O)c1. The van der Waals surface area contributed by atoms with Crippen LogP contribution in [0.2, 0.25) is 0 Å². The third-order valence-electron chi connectivity index (χ3n) is 2.21. The predicted octanol–water partition coefficient (Wildman–Crippen LogP) is 1.43. The number of benzene rings is 1. The van der Waals surface area contributed by atoms with Gasteiger partial charge in [-0.05, 0) is 24.1 Å². The van der Waals surface area contributed by atoms with Crippen LogP contribution in [-0.2, 0) is 11.2 Å². The zero-order chi connectivity index (χ0) is 12.0. The number of hydrogen-bond donors (Lipinski definition) is 2. The van der Waals surface area contributed by atoms with Crippen LogP contribution in [0, 0.1) is 0 Å². The first-order chi connectivity index (χ1) is 7.61. The van der Waals surface area contributed by atoms with E-state index in [1.807, 2.05) is 24.3 Å². The second-order valence-electron chi connectivity index (χ2n) is 3.67. The minimum absolute atomic E-state index is 0.0759. The molecule has 0 radical (unpaired) electrons. The van der Waals surface area contributed by atoms with Crippen molar-refractivity contribution in [3.63, 3.8) is 0 Å². The van der Waals surface area contributed by atoms with Gasteiger partial charge in [0.1, 0.15) is 12.4 Å². The Bertz CT molecular complexity index is 352. The average molecular weight is 223 g/mol. The molecule has 0 aromatic heterocycles. The predicted molar refractivity (Wildman–Crippen MR) is 61.5 cm³/mol. The first-order valence-corrected chi connectivity index (χ1v) is 5.31. The van der Waals surface area contributed by atoms with Gasteiger partial charge in [-0.2, -0.15) is 0 Å². The van der Waals surface area contributed by atoms with Gasteiger partial charge in [0.25, 0.3) is 0 Å². The summed E-state index contributed by atoms with van der Waals surface area (Å²) in [4.78, 5) is 10.4. The molecule has 1 atom stereocenters. The standard InChI is InChI=1S/C12H17NO3/c1-2-9-4-3-5-11(6-9)16-8-10(13)7-12(14)15/h3-6,10H,2,7-8,13H2,1H3,(H,14,15). The monoisotopic (exact) mass is 223 g/mol. The number of aliphatic carboxylic acids is 1. The molecule has 0 saturated carbocycles. The second kappa shape index (κ2) is 6.12. The normalized spacial score (nSPS) is 12.1. The van der Waals surface area contributed by atoms with Crippen LogP contribution in [0.1, 0.15) is 18.9 Å². The maximum atomic E-state index is 10.4. The summed E-state index contributed by atoms with van der Waals surface area (Å²) in [5.74, 6) is -0.168. The number of nitrogens with two attached hydrogens (primary N) is 1. The first kappa shape index (κ1) is 12.5. The molecule has 0 saturated heterocycles. The Morgan fingerprint density at radius 1 is 1.56 bits per heavy atom. The number of ether oxygens (including phenoxy) is 1. The zero-order valence-corrected chi connectivity index (χ0v) is 9.35. The molecule has 88 valence electrons. The average Bonchev–Trinajstić information content (AvgIpc) is 2.26. The molecule has 1 unspecified atom stereocenters. The van der Waals surface area contributed by atoms with Crippen molar-refractivity contribution in [1.29, 1.82) is 0 Å². The van der Waals surface area contributed by atoms with Crippen LogP contribution < -0.4 is 10.5 Å². The van der Waals surface area contributed by atoms with E-state index in [-0.39, 0.29) is 13.0 Å². The highest BCUT2D eigenvalue weighted by Crippen LogP contribution is 2.13. The van der Waals surface area contributed by atoms with E-state index in [1.165, 1.54) is 5.56 Å². The number of carboxylic acid groups (broad SMARTS) is 1. The summed E-state index contributed by atoms with van der Waals surface area (Å²) < 4.78 is 5.42. The lowest BCUT2D eigenvalue weighted by atomic mass is 10.2. The summed E-state index contributed by atoms with van der Waals surface area (Å²) in [6, 6.07) is 7.24. The largest absolute Gasteiger partial charge is 0.492 e. The Balaban J connectivity index is 2.44. The van der Waals surface area contributed by atoms with Crippen LogP contribution in [0.15, 0.2) is 24.3 Å². The molecule has 0 aliphatic rings. The molecule has 16 heavy (non-hydrogen) atoms. The molecule has 0 aliphatic heterocycles. The van der Waals surface area contributed by atoms with Gasteiger partial charge >= 0.3 is 5.97 Å². The minimum atomic E-state index is -0.904. The molecule has 1 aromatic rings. The quantitative estimate of drug-likeness (QED) is 0.765. The summed E-state index contributed by atoms with van der Waals surface area (Å²) in [6.45, 7) is 2.29. The van der Waals surface area contributed by atoms with Crippen LogP contribution in [-0.4, -0.2) is 23.7 Å². The molecule has 1 aromatic carbocycles. The number of aryl methyl sites for hydroxylation is 1. The Hall–Kier alpha value is -1.55. The lowest BCUT2D eigenvalue weighted by Gasteiger charge is -2.11. The van der Waals surface area contributed by atoms with Crippen molar-refractivity contribution in [3.8, 4) is 5.75 Å². The lowest BCUT2D eigenvalue weighted by molar-refractivity contribution is -0.137. The van der Waals surface area contributed by atoms with E-state index in [4.69, 9.17) is 15.6 Å². The van der Waals surface area contributed by atoms with Gasteiger partial charge in [0.15, 0.2) is 0 Å². The summed E-state index contributed by atoms with van der Waals surface area (Å²) in [5.41, 5.74) is 6.77. The van der Waals surface area contributed by atoms with E-state index in [2.05, 4.69) is 6.92 Å². The van der Waals surface area contributed by atoms with Gasteiger partial charge in [-0.25, -0.2) is 0 Å². The summed E-state index contributed by atoms with van der Waals surface area (Å²) in [7, 11) is 0. The molecule has 1 rings (SSSR count). The van der Waals surface area contributed by atoms with Crippen molar-refractivity contribution in [1.82, 2.24) is 0 Å². The third-order valence-corrected chi connectivity index (χ3v) is 2.21. The van der Waals surface area contributed by atoms with Gasteiger partial charge < -0.3 is 15.6 Å². The fraction of sp³-hybridized carbons (Fsp3) is 0.417. The van der Waals surface area contributed by atoms with Crippen LogP contribution in [0.5, 0.6) is 5.75 Å². The van der Waals surface area contributed by atoms with Gasteiger partial charge in [0.2, 0.25) is 0 Å². The highest BCUT2D eigenvalue weighted by atomic mass is 16.5. The maximum absolute atomic E-state index is 10.4. The van der Waals surface area contributed by atoms with Gasteiger partial charge in [-0.1, -0.05) is 19.1 Å². The Kier molecular flexibility index (Phi) is 4.79. The van der Waals surface area contributed by atoms with E-state index in [0.717, 1.165) is 12.2 Å². The maximum Gasteiger partial charge on any atom is 0.305 e. The Morgan fingerprint density at radius 2 is 2.31 bits per heavy atom. The van der Waals surface area contributed by atoms with Crippen molar-refractivity contribution < 1.29 is 14.6 Å². The minimum Gasteiger partial charge on any atom is -0.492 e. The van der Waals surface area contributed by atoms with Crippen molar-refractivity contribution in [2.24, 2.45) is 5.73 Å². The van der Waals surface area contributed by atoms with E-state index in [1.54, 1.807) is 0 Å². The first-order valence-electron chi connectivity index (χ1n) is 5.31. The fourth-order valence-electron chi connectivity index (χ4n) is 1.34. The molecule has 4 heteroatoms. The molecule has 3 N–H and O–H groups in total. The Labute approximate surface area is 95.0 Å². The topological polar surface area (TPSA) is 72.5 Å². The van der Waals surface area contributed by atoms with E-state index < -0.39 is 12.0 Å². The molecule has 0 amide bonds. The van der Waals surface area contributed by atoms with Crippen molar-refractivity contribution in [2.45, 2.75) is 25.8 Å². The number of hydrogen-bond acceptors (Lipinski definition) is 3. The third kappa shape index (κ3) is 4.31. The summed E-state index contributed by atoms with van der Waals surface area (Å²) in [6.07, 6.45) is 0.867. The molecule has 0 spiro atoms. The highest BCUT2D eigenvalue weighted by Gasteiger charge is 2.08. The highest BCUT2D eigenvalue weighted by molar-refractivity contribution is 5.67. The smallest absolute Gasteiger partial charge is 0.305 e. The molecular formula is C12H17NO3. The van der Waals surface area contributed by atoms with Crippen LogP contribution in [0.4, 0.5) is 0 Å². The van der Waals surface area contributed by atoms with Crippen molar-refractivity contribution in [3.05, 3.63) is 29.8 Å². The summed E-state index contributed by atoms with van der Waals surface area (Å²) in [5, 5.41) is 8.53. The Morgan fingerprint density at radius 3 is 2.94 bits per heavy atom. The van der Waals surface area contributed by atoms with Gasteiger partial charge in [-0.15, -0.1) is 0 Å². The van der Waals surface area contributed by atoms with Crippen LogP contribution >= 0.6 is 0 Å². The van der Waals surface area contributed by atoms with Crippen molar-refractivity contribution >= 4 is 5.97 Å². The molecule has 0 heterocycles. The molecule has 0 aliphatic carbocycles. The van der Waals surface area contributed by atoms with Gasteiger partial charge in [0.05, 0.1) is 6.42 Å². The van der Waals surface area contributed by atoms with Crippen LogP contribution in [0.25, 0.3) is 0 Å². The molecule has 4 nitrogen and oxygen atoms in total. The number of carboxylic acids is 1. The van der Waals surface area contributed by atoms with E-state index in [9.17, 15) is 4.79 Å². The lowest BCUT2D eigenvalue weighted by Crippen LogP contribution is -2.30. The van der Waals surface area contributed by atoms with Crippen molar-refractivity contribution in [2.75, 3.05) is 6.61 Å². The van der Waals surface area contributed by atoms with Gasteiger partial charge in [-0.3, -0.25) is 4.79 Å². The van der Waals surface area contributed by atoms with Crippen LogP contribution in [0.3, 0.4) is 0 Å². The van der Waals surface area contributed by atoms with E-state index in [0.29, 0.717) is 0 Å². The number of rotatable bonds is 6. The molecule has 0 bridgehead atoms. The zero-order valence-electron chi connectivity index (χ0n) is 9.35. The van der Waals surface area contributed by atoms with E-state index >= 15 is 0 Å².